The minimum absolute atomic E-state index is 0. The van der Waals surface area contributed by atoms with E-state index in [2.05, 4.69) is 44.4 Å². The standard InChI is InChI=1S/C23H28N6O3.HI/c1-4-24-23(26-11-8-21-27-22(32-28-21)18-7-5-6-10-25-18)29-12-9-16-13-19(30-2)20(31-3)14-17(16)15-29;/h5-7,10,13-14H,4,8-9,11-12,15H2,1-3H3,(H,24,26);1H. The summed E-state index contributed by atoms with van der Waals surface area (Å²) in [6, 6.07) is 9.72. The number of guanidine groups is 1. The van der Waals surface area contributed by atoms with E-state index >= 15 is 0 Å². The fourth-order valence-electron chi connectivity index (χ4n) is 3.70. The van der Waals surface area contributed by atoms with Crippen LogP contribution in [0.2, 0.25) is 0 Å². The Bertz CT molecular complexity index is 1070. The molecule has 0 spiro atoms. The van der Waals surface area contributed by atoms with Gasteiger partial charge in [0.25, 0.3) is 5.89 Å². The van der Waals surface area contributed by atoms with Crippen LogP contribution in [0.3, 0.4) is 0 Å². The molecule has 1 aliphatic rings. The van der Waals surface area contributed by atoms with E-state index in [0.717, 1.165) is 43.5 Å². The molecule has 0 saturated carbocycles. The van der Waals surface area contributed by atoms with E-state index in [9.17, 15) is 0 Å². The molecule has 1 aliphatic heterocycles. The first-order valence-corrected chi connectivity index (χ1v) is 10.7. The Hall–Kier alpha value is -2.89. The van der Waals surface area contributed by atoms with E-state index < -0.39 is 0 Å². The topological polar surface area (TPSA) is 97.9 Å². The van der Waals surface area contributed by atoms with Crippen LogP contribution in [0, 0.1) is 0 Å². The van der Waals surface area contributed by atoms with Crippen molar-refractivity contribution < 1.29 is 14.0 Å². The molecule has 4 rings (SSSR count). The maximum atomic E-state index is 5.48. The van der Waals surface area contributed by atoms with E-state index in [-0.39, 0.29) is 24.0 Å². The van der Waals surface area contributed by atoms with Gasteiger partial charge >= 0.3 is 0 Å². The van der Waals surface area contributed by atoms with Gasteiger partial charge in [-0.2, -0.15) is 4.98 Å². The van der Waals surface area contributed by atoms with Crippen molar-refractivity contribution in [2.24, 2.45) is 4.99 Å². The largest absolute Gasteiger partial charge is 0.493 e. The summed E-state index contributed by atoms with van der Waals surface area (Å²) in [6.07, 6.45) is 3.20. The van der Waals surface area contributed by atoms with Crippen molar-refractivity contribution in [3.8, 4) is 23.1 Å². The lowest BCUT2D eigenvalue weighted by molar-refractivity contribution is 0.346. The number of fused-ring (bicyclic) bond motifs is 1. The van der Waals surface area contributed by atoms with Crippen molar-refractivity contribution >= 4 is 29.9 Å². The number of aliphatic imine (C=N–C) groups is 1. The third-order valence-corrected chi connectivity index (χ3v) is 5.30. The molecule has 0 atom stereocenters. The highest BCUT2D eigenvalue weighted by Crippen LogP contribution is 2.33. The van der Waals surface area contributed by atoms with Crippen molar-refractivity contribution in [1.29, 1.82) is 0 Å². The number of aromatic nitrogens is 3. The maximum Gasteiger partial charge on any atom is 0.276 e. The van der Waals surface area contributed by atoms with Crippen LogP contribution in [0.5, 0.6) is 11.5 Å². The number of hydrogen-bond acceptors (Lipinski definition) is 7. The molecule has 33 heavy (non-hydrogen) atoms. The molecule has 1 aromatic carbocycles. The van der Waals surface area contributed by atoms with Gasteiger partial charge in [0.1, 0.15) is 5.69 Å². The molecule has 0 bridgehead atoms. The lowest BCUT2D eigenvalue weighted by atomic mass is 9.99. The van der Waals surface area contributed by atoms with Gasteiger partial charge in [-0.05, 0) is 48.7 Å². The van der Waals surface area contributed by atoms with Gasteiger partial charge in [0.2, 0.25) is 0 Å². The number of methoxy groups -OCH3 is 2. The van der Waals surface area contributed by atoms with Gasteiger partial charge in [-0.25, -0.2) is 0 Å². The summed E-state index contributed by atoms with van der Waals surface area (Å²) in [7, 11) is 3.33. The number of nitrogens with one attached hydrogen (secondary N) is 1. The normalized spacial score (nSPS) is 13.2. The van der Waals surface area contributed by atoms with E-state index in [1.165, 1.54) is 11.1 Å². The molecule has 3 heterocycles. The van der Waals surface area contributed by atoms with Crippen LogP contribution in [0.15, 0.2) is 46.0 Å². The zero-order valence-electron chi connectivity index (χ0n) is 19.1. The van der Waals surface area contributed by atoms with Gasteiger partial charge in [0, 0.05) is 38.8 Å². The van der Waals surface area contributed by atoms with Crippen LogP contribution >= 0.6 is 24.0 Å². The van der Waals surface area contributed by atoms with Gasteiger partial charge < -0.3 is 24.2 Å². The van der Waals surface area contributed by atoms with Gasteiger partial charge in [0.15, 0.2) is 23.3 Å². The Morgan fingerprint density at radius 1 is 1.18 bits per heavy atom. The average molecular weight is 564 g/mol. The first-order chi connectivity index (χ1) is 15.7. The molecule has 176 valence electrons. The number of nitrogens with zero attached hydrogens (tertiary/aromatic N) is 5. The average Bonchev–Trinajstić information content (AvgIpc) is 3.31. The predicted molar refractivity (Wildman–Crippen MR) is 136 cm³/mol. The minimum Gasteiger partial charge on any atom is -0.493 e. The molecule has 0 unspecified atom stereocenters. The van der Waals surface area contributed by atoms with Gasteiger partial charge in [-0.15, -0.1) is 24.0 Å². The molecule has 9 nitrogen and oxygen atoms in total. The van der Waals surface area contributed by atoms with Crippen molar-refractivity contribution in [3.05, 3.63) is 53.5 Å². The maximum absolute atomic E-state index is 5.48. The van der Waals surface area contributed by atoms with Crippen LogP contribution in [-0.4, -0.2) is 59.8 Å². The summed E-state index contributed by atoms with van der Waals surface area (Å²) in [5, 5.41) is 7.46. The van der Waals surface area contributed by atoms with Crippen molar-refractivity contribution in [3.63, 3.8) is 0 Å². The Balaban J connectivity index is 0.00000306. The third kappa shape index (κ3) is 5.92. The van der Waals surface area contributed by atoms with Crippen LogP contribution in [0.4, 0.5) is 0 Å². The van der Waals surface area contributed by atoms with Crippen molar-refractivity contribution in [2.45, 2.75) is 26.3 Å². The number of pyridine rings is 1. The summed E-state index contributed by atoms with van der Waals surface area (Å²) >= 11 is 0. The molecule has 1 N–H and O–H groups in total. The SMILES string of the molecule is CCNC(=NCCc1noc(-c2ccccn2)n1)N1CCc2cc(OC)c(OC)cc2C1.I. The number of ether oxygens (including phenoxy) is 2. The Morgan fingerprint density at radius 2 is 1.97 bits per heavy atom. The molecule has 0 fully saturated rings. The lowest BCUT2D eigenvalue weighted by Gasteiger charge is -2.32. The predicted octanol–water partition coefficient (Wildman–Crippen LogP) is 3.33. The zero-order chi connectivity index (χ0) is 22.3. The molecule has 3 aromatic rings. The Kier molecular flexibility index (Phi) is 8.87. The molecule has 2 aromatic heterocycles. The molecule has 0 saturated heterocycles. The monoisotopic (exact) mass is 564 g/mol. The summed E-state index contributed by atoms with van der Waals surface area (Å²) in [4.78, 5) is 15.7. The smallest absolute Gasteiger partial charge is 0.276 e. The summed E-state index contributed by atoms with van der Waals surface area (Å²) in [6.45, 7) is 5.05. The van der Waals surface area contributed by atoms with Gasteiger partial charge in [-0.1, -0.05) is 11.2 Å². The van der Waals surface area contributed by atoms with E-state index in [1.807, 2.05) is 18.2 Å². The summed E-state index contributed by atoms with van der Waals surface area (Å²) in [5.41, 5.74) is 3.17. The summed E-state index contributed by atoms with van der Waals surface area (Å²) < 4.78 is 16.3. The summed E-state index contributed by atoms with van der Waals surface area (Å²) in [5.74, 6) is 3.43. The molecular weight excluding hydrogens is 535 g/mol. The highest BCUT2D eigenvalue weighted by molar-refractivity contribution is 14.0. The number of rotatable bonds is 7. The van der Waals surface area contributed by atoms with Gasteiger partial charge in [-0.3, -0.25) is 9.98 Å². The minimum atomic E-state index is 0. The molecule has 0 radical (unpaired) electrons. The number of hydrogen-bond donors (Lipinski definition) is 1. The first-order valence-electron chi connectivity index (χ1n) is 10.7. The number of benzene rings is 1. The fraction of sp³-hybridized carbons (Fsp3) is 0.391. The number of halogens is 1. The zero-order valence-corrected chi connectivity index (χ0v) is 21.4. The van der Waals surface area contributed by atoms with Crippen LogP contribution in [0.25, 0.3) is 11.6 Å². The highest BCUT2D eigenvalue weighted by Gasteiger charge is 2.21. The Labute approximate surface area is 210 Å². The van der Waals surface area contributed by atoms with E-state index in [0.29, 0.717) is 30.4 Å². The molecule has 0 aliphatic carbocycles. The molecular formula is C23H29IN6O3. The van der Waals surface area contributed by atoms with Gasteiger partial charge in [0.05, 0.1) is 14.2 Å². The first kappa shape index (κ1) is 24.7. The second kappa shape index (κ2) is 11.8. The molecule has 10 heteroatoms. The molecule has 0 amide bonds. The quantitative estimate of drug-likeness (QED) is 0.265. The van der Waals surface area contributed by atoms with Crippen molar-refractivity contribution in [1.82, 2.24) is 25.3 Å². The highest BCUT2D eigenvalue weighted by atomic mass is 127. The van der Waals surface area contributed by atoms with Crippen LogP contribution in [0.1, 0.15) is 23.9 Å². The van der Waals surface area contributed by atoms with E-state index in [1.54, 1.807) is 20.4 Å². The van der Waals surface area contributed by atoms with Crippen molar-refractivity contribution in [2.75, 3.05) is 33.9 Å². The second-order valence-corrected chi connectivity index (χ2v) is 7.36. The fourth-order valence-corrected chi connectivity index (χ4v) is 3.70. The second-order valence-electron chi connectivity index (χ2n) is 7.36. The lowest BCUT2D eigenvalue weighted by Crippen LogP contribution is -2.44. The van der Waals surface area contributed by atoms with E-state index in [4.69, 9.17) is 19.0 Å². The van der Waals surface area contributed by atoms with Crippen LogP contribution < -0.4 is 14.8 Å². The Morgan fingerprint density at radius 3 is 2.67 bits per heavy atom. The third-order valence-electron chi connectivity index (χ3n) is 5.30. The van der Waals surface area contributed by atoms with Crippen LogP contribution in [-0.2, 0) is 19.4 Å².